The standard InChI is InChI=1S/C19H13BrO2/c20-15-9-4-8-14(12-15)17-11-5-10-16(18(17)19(21)22)13-6-2-1-3-7-13/h1-12H,(H,21,22). The van der Waals surface area contributed by atoms with E-state index in [1.165, 1.54) is 0 Å². The Morgan fingerprint density at radius 2 is 1.36 bits per heavy atom. The number of carbonyl (C=O) groups is 1. The van der Waals surface area contributed by atoms with Crippen LogP contribution in [0.15, 0.2) is 77.3 Å². The predicted molar refractivity (Wildman–Crippen MR) is 92.0 cm³/mol. The van der Waals surface area contributed by atoms with Gasteiger partial charge in [-0.05, 0) is 34.4 Å². The van der Waals surface area contributed by atoms with Gasteiger partial charge < -0.3 is 5.11 Å². The first-order valence-corrected chi connectivity index (χ1v) is 7.64. The molecule has 3 aromatic carbocycles. The second-order valence-electron chi connectivity index (χ2n) is 4.91. The number of halogens is 1. The van der Waals surface area contributed by atoms with Gasteiger partial charge in [-0.3, -0.25) is 0 Å². The molecule has 3 rings (SSSR count). The summed E-state index contributed by atoms with van der Waals surface area (Å²) in [5.74, 6) is -0.922. The molecule has 22 heavy (non-hydrogen) atoms. The molecule has 1 N–H and O–H groups in total. The molecule has 0 heterocycles. The van der Waals surface area contributed by atoms with Crippen molar-refractivity contribution in [3.63, 3.8) is 0 Å². The Morgan fingerprint density at radius 1 is 0.773 bits per heavy atom. The van der Waals surface area contributed by atoms with E-state index in [9.17, 15) is 9.90 Å². The van der Waals surface area contributed by atoms with Gasteiger partial charge in [0.2, 0.25) is 0 Å². The van der Waals surface area contributed by atoms with Gasteiger partial charge in [0.25, 0.3) is 0 Å². The highest BCUT2D eigenvalue weighted by molar-refractivity contribution is 9.10. The molecule has 108 valence electrons. The Labute approximate surface area is 137 Å². The van der Waals surface area contributed by atoms with Gasteiger partial charge in [0.15, 0.2) is 0 Å². The third kappa shape index (κ3) is 2.81. The van der Waals surface area contributed by atoms with E-state index in [0.717, 1.165) is 26.7 Å². The van der Waals surface area contributed by atoms with Crippen LogP contribution in [-0.2, 0) is 0 Å². The monoisotopic (exact) mass is 352 g/mol. The van der Waals surface area contributed by atoms with Crippen molar-refractivity contribution in [2.75, 3.05) is 0 Å². The second-order valence-corrected chi connectivity index (χ2v) is 5.83. The smallest absolute Gasteiger partial charge is 0.336 e. The quantitative estimate of drug-likeness (QED) is 0.677. The lowest BCUT2D eigenvalue weighted by Crippen LogP contribution is -2.02. The van der Waals surface area contributed by atoms with Crippen LogP contribution in [0, 0.1) is 0 Å². The van der Waals surface area contributed by atoms with Gasteiger partial charge in [-0.2, -0.15) is 0 Å². The molecule has 3 heteroatoms. The normalized spacial score (nSPS) is 10.4. The SMILES string of the molecule is O=C(O)c1c(-c2ccccc2)cccc1-c1cccc(Br)c1. The molecule has 0 atom stereocenters. The molecular formula is C19H13BrO2. The van der Waals surface area contributed by atoms with Crippen LogP contribution in [-0.4, -0.2) is 11.1 Å². The maximum absolute atomic E-state index is 11.9. The van der Waals surface area contributed by atoms with Crippen molar-refractivity contribution in [2.45, 2.75) is 0 Å². The highest BCUT2D eigenvalue weighted by Gasteiger charge is 2.17. The summed E-state index contributed by atoms with van der Waals surface area (Å²) in [6.07, 6.45) is 0. The molecule has 0 aliphatic heterocycles. The summed E-state index contributed by atoms with van der Waals surface area (Å²) in [6, 6.07) is 22.8. The van der Waals surface area contributed by atoms with Crippen LogP contribution < -0.4 is 0 Å². The van der Waals surface area contributed by atoms with Gasteiger partial charge in [-0.25, -0.2) is 4.79 Å². The summed E-state index contributed by atoms with van der Waals surface area (Å²) in [7, 11) is 0. The molecule has 0 aliphatic rings. The van der Waals surface area contributed by atoms with Crippen molar-refractivity contribution in [2.24, 2.45) is 0 Å². The summed E-state index contributed by atoms with van der Waals surface area (Å²) in [5, 5.41) is 9.73. The van der Waals surface area contributed by atoms with Gasteiger partial charge in [0, 0.05) is 4.47 Å². The molecule has 2 nitrogen and oxygen atoms in total. The van der Waals surface area contributed by atoms with Crippen LogP contribution in [0.1, 0.15) is 10.4 Å². The first-order valence-electron chi connectivity index (χ1n) is 6.84. The van der Waals surface area contributed by atoms with Crippen LogP contribution >= 0.6 is 15.9 Å². The molecule has 0 unspecified atom stereocenters. The number of carboxylic acid groups (broad SMARTS) is 1. The first kappa shape index (κ1) is 14.5. The molecule has 0 bridgehead atoms. The van der Waals surface area contributed by atoms with Crippen molar-refractivity contribution in [3.05, 3.63) is 82.8 Å². The Morgan fingerprint density at radius 3 is 2.00 bits per heavy atom. The minimum atomic E-state index is -0.922. The second kappa shape index (κ2) is 6.16. The lowest BCUT2D eigenvalue weighted by Gasteiger charge is -2.12. The molecule has 0 aliphatic carbocycles. The van der Waals surface area contributed by atoms with E-state index in [1.54, 1.807) is 0 Å². The van der Waals surface area contributed by atoms with Crippen LogP contribution in [0.2, 0.25) is 0 Å². The Balaban J connectivity index is 2.26. The average molecular weight is 353 g/mol. The van der Waals surface area contributed by atoms with Crippen LogP contribution in [0.5, 0.6) is 0 Å². The highest BCUT2D eigenvalue weighted by atomic mass is 79.9. The van der Waals surface area contributed by atoms with E-state index in [2.05, 4.69) is 15.9 Å². The summed E-state index contributed by atoms with van der Waals surface area (Å²) in [4.78, 5) is 11.9. The van der Waals surface area contributed by atoms with Gasteiger partial charge in [-0.1, -0.05) is 76.6 Å². The maximum Gasteiger partial charge on any atom is 0.336 e. The number of hydrogen-bond donors (Lipinski definition) is 1. The minimum absolute atomic E-state index is 0.326. The van der Waals surface area contributed by atoms with Gasteiger partial charge in [-0.15, -0.1) is 0 Å². The zero-order valence-corrected chi connectivity index (χ0v) is 13.2. The molecule has 3 aromatic rings. The predicted octanol–water partition coefficient (Wildman–Crippen LogP) is 5.48. The molecule has 0 amide bonds. The van der Waals surface area contributed by atoms with E-state index < -0.39 is 5.97 Å². The zero-order valence-electron chi connectivity index (χ0n) is 11.7. The third-order valence-corrected chi connectivity index (χ3v) is 3.99. The lowest BCUT2D eigenvalue weighted by molar-refractivity contribution is 0.0698. The number of hydrogen-bond acceptors (Lipinski definition) is 1. The third-order valence-electron chi connectivity index (χ3n) is 3.50. The molecular weight excluding hydrogens is 340 g/mol. The zero-order chi connectivity index (χ0) is 15.5. The fraction of sp³-hybridized carbons (Fsp3) is 0. The molecule has 0 radical (unpaired) electrons. The Hall–Kier alpha value is -2.39. The minimum Gasteiger partial charge on any atom is -0.478 e. The molecule has 0 saturated heterocycles. The Bertz CT molecular complexity index is 826. The molecule has 0 fully saturated rings. The largest absolute Gasteiger partial charge is 0.478 e. The summed E-state index contributed by atoms with van der Waals surface area (Å²) < 4.78 is 0.923. The van der Waals surface area contributed by atoms with Crippen LogP contribution in [0.25, 0.3) is 22.3 Å². The fourth-order valence-electron chi connectivity index (χ4n) is 2.54. The highest BCUT2D eigenvalue weighted by Crippen LogP contribution is 2.33. The van der Waals surface area contributed by atoms with E-state index in [1.807, 2.05) is 72.8 Å². The van der Waals surface area contributed by atoms with Gasteiger partial charge >= 0.3 is 5.97 Å². The summed E-state index contributed by atoms with van der Waals surface area (Å²) in [6.45, 7) is 0. The maximum atomic E-state index is 11.9. The van der Waals surface area contributed by atoms with Crippen molar-refractivity contribution in [3.8, 4) is 22.3 Å². The van der Waals surface area contributed by atoms with Gasteiger partial charge in [0.05, 0.1) is 5.56 Å². The fourth-order valence-corrected chi connectivity index (χ4v) is 2.94. The topological polar surface area (TPSA) is 37.3 Å². The van der Waals surface area contributed by atoms with E-state index in [-0.39, 0.29) is 0 Å². The summed E-state index contributed by atoms with van der Waals surface area (Å²) in [5.41, 5.74) is 3.55. The van der Waals surface area contributed by atoms with E-state index >= 15 is 0 Å². The van der Waals surface area contributed by atoms with Crippen LogP contribution in [0.4, 0.5) is 0 Å². The van der Waals surface area contributed by atoms with Crippen molar-refractivity contribution >= 4 is 21.9 Å². The van der Waals surface area contributed by atoms with Crippen molar-refractivity contribution in [1.82, 2.24) is 0 Å². The number of rotatable bonds is 3. The molecule has 0 spiro atoms. The Kier molecular flexibility index (Phi) is 4.07. The van der Waals surface area contributed by atoms with Crippen molar-refractivity contribution < 1.29 is 9.90 Å². The van der Waals surface area contributed by atoms with E-state index in [4.69, 9.17) is 0 Å². The molecule has 0 aromatic heterocycles. The number of aromatic carboxylic acids is 1. The summed E-state index contributed by atoms with van der Waals surface area (Å²) >= 11 is 3.44. The van der Waals surface area contributed by atoms with Crippen molar-refractivity contribution in [1.29, 1.82) is 0 Å². The van der Waals surface area contributed by atoms with E-state index in [0.29, 0.717) is 5.56 Å². The lowest BCUT2D eigenvalue weighted by atomic mass is 9.92. The van der Waals surface area contributed by atoms with Crippen LogP contribution in [0.3, 0.4) is 0 Å². The molecule has 0 saturated carbocycles. The van der Waals surface area contributed by atoms with Gasteiger partial charge in [0.1, 0.15) is 0 Å². The number of carboxylic acids is 1. The average Bonchev–Trinajstić information content (AvgIpc) is 2.55. The first-order chi connectivity index (χ1) is 10.7. The number of benzene rings is 3.